The Bertz CT molecular complexity index is 665. The minimum Gasteiger partial charge on any atom is -0.480 e. The number of carbonyl (C=O) groups excluding carboxylic acids is 1. The van der Waals surface area contributed by atoms with Crippen LogP contribution >= 0.6 is 11.6 Å². The van der Waals surface area contributed by atoms with Crippen LogP contribution in [0.5, 0.6) is 0 Å². The van der Waals surface area contributed by atoms with Gasteiger partial charge in [-0.25, -0.2) is 12.8 Å². The minimum atomic E-state index is -4.23. The standard InChI is InChI=1S/C11H12ClFN2O5S/c12-7-5-6(1-2-8(7)13)21(19,20)15-9(11(17)18)3-4-10(14)16/h1-2,5,9,15H,3-4H2,(H2,14,16)(H,17,18)/t9-/m1/s1. The maximum Gasteiger partial charge on any atom is 0.321 e. The summed E-state index contributed by atoms with van der Waals surface area (Å²) in [4.78, 5) is 21.2. The number of rotatable bonds is 7. The third-order valence-electron chi connectivity index (χ3n) is 2.48. The van der Waals surface area contributed by atoms with E-state index in [2.05, 4.69) is 0 Å². The molecular formula is C11H12ClFN2O5S. The van der Waals surface area contributed by atoms with Gasteiger partial charge in [0, 0.05) is 6.42 Å². The van der Waals surface area contributed by atoms with Crippen molar-refractivity contribution in [2.45, 2.75) is 23.8 Å². The monoisotopic (exact) mass is 338 g/mol. The third kappa shape index (κ3) is 4.96. The summed E-state index contributed by atoms with van der Waals surface area (Å²) in [6.07, 6.45) is -0.609. The van der Waals surface area contributed by atoms with E-state index < -0.39 is 38.8 Å². The van der Waals surface area contributed by atoms with Crippen molar-refractivity contribution in [1.82, 2.24) is 4.72 Å². The van der Waals surface area contributed by atoms with Crippen LogP contribution in [0.15, 0.2) is 23.1 Å². The Morgan fingerprint density at radius 2 is 2.05 bits per heavy atom. The number of hydrogen-bond donors (Lipinski definition) is 3. The van der Waals surface area contributed by atoms with E-state index >= 15 is 0 Å². The van der Waals surface area contributed by atoms with Crippen molar-refractivity contribution in [2.24, 2.45) is 5.73 Å². The predicted molar refractivity (Wildman–Crippen MR) is 71.6 cm³/mol. The fourth-order valence-electron chi connectivity index (χ4n) is 1.42. The first kappa shape index (κ1) is 17.3. The highest BCUT2D eigenvalue weighted by Gasteiger charge is 2.26. The summed E-state index contributed by atoms with van der Waals surface area (Å²) < 4.78 is 38.9. The molecule has 0 fully saturated rings. The lowest BCUT2D eigenvalue weighted by molar-refractivity contribution is -0.139. The Morgan fingerprint density at radius 1 is 1.43 bits per heavy atom. The lowest BCUT2D eigenvalue weighted by atomic mass is 10.2. The number of carboxylic acids is 1. The molecule has 0 saturated carbocycles. The van der Waals surface area contributed by atoms with E-state index in [9.17, 15) is 22.4 Å². The molecule has 0 unspecified atom stereocenters. The third-order valence-corrected chi connectivity index (χ3v) is 4.24. The molecular weight excluding hydrogens is 327 g/mol. The molecule has 10 heteroatoms. The summed E-state index contributed by atoms with van der Waals surface area (Å²) in [5, 5.41) is 8.52. The van der Waals surface area contributed by atoms with Gasteiger partial charge in [-0.1, -0.05) is 11.6 Å². The highest BCUT2D eigenvalue weighted by Crippen LogP contribution is 2.19. The summed E-state index contributed by atoms with van der Waals surface area (Å²) in [6, 6.07) is 1.10. The van der Waals surface area contributed by atoms with Crippen LogP contribution in [-0.4, -0.2) is 31.4 Å². The zero-order chi connectivity index (χ0) is 16.2. The Balaban J connectivity index is 2.97. The second-order valence-electron chi connectivity index (χ2n) is 4.09. The molecule has 0 aliphatic carbocycles. The smallest absolute Gasteiger partial charge is 0.321 e. The van der Waals surface area contributed by atoms with Crippen LogP contribution in [0.1, 0.15) is 12.8 Å². The first-order valence-corrected chi connectivity index (χ1v) is 7.48. The first-order valence-electron chi connectivity index (χ1n) is 5.62. The van der Waals surface area contributed by atoms with Crippen molar-refractivity contribution >= 4 is 33.5 Å². The lowest BCUT2D eigenvalue weighted by Gasteiger charge is -2.14. The maximum absolute atomic E-state index is 13.0. The van der Waals surface area contributed by atoms with Gasteiger partial charge in [0.05, 0.1) is 9.92 Å². The highest BCUT2D eigenvalue weighted by molar-refractivity contribution is 7.89. The molecule has 7 nitrogen and oxygen atoms in total. The van der Waals surface area contributed by atoms with Gasteiger partial charge in [0.15, 0.2) is 0 Å². The summed E-state index contributed by atoms with van der Waals surface area (Å²) in [5.41, 5.74) is 4.88. The van der Waals surface area contributed by atoms with Gasteiger partial charge in [-0.3, -0.25) is 9.59 Å². The largest absolute Gasteiger partial charge is 0.480 e. The van der Waals surface area contributed by atoms with E-state index in [0.717, 1.165) is 18.2 Å². The molecule has 0 aliphatic heterocycles. The molecule has 0 aliphatic rings. The molecule has 0 aromatic heterocycles. The molecule has 1 rings (SSSR count). The molecule has 1 amide bonds. The fourth-order valence-corrected chi connectivity index (χ4v) is 2.91. The van der Waals surface area contributed by atoms with Crippen molar-refractivity contribution in [3.8, 4) is 0 Å². The number of primary amides is 1. The average Bonchev–Trinajstić information content (AvgIpc) is 2.37. The number of nitrogens with two attached hydrogens (primary N) is 1. The number of aliphatic carboxylic acids is 1. The molecule has 4 N–H and O–H groups in total. The van der Waals surface area contributed by atoms with Crippen LogP contribution in [-0.2, 0) is 19.6 Å². The Labute approximate surface area is 124 Å². The quantitative estimate of drug-likeness (QED) is 0.666. The molecule has 21 heavy (non-hydrogen) atoms. The number of benzene rings is 1. The zero-order valence-electron chi connectivity index (χ0n) is 10.5. The topological polar surface area (TPSA) is 127 Å². The summed E-state index contributed by atoms with van der Waals surface area (Å²) in [5.74, 6) is -3.03. The van der Waals surface area contributed by atoms with E-state index in [1.165, 1.54) is 0 Å². The molecule has 0 spiro atoms. The van der Waals surface area contributed by atoms with Gasteiger partial charge in [-0.05, 0) is 24.6 Å². The summed E-state index contributed by atoms with van der Waals surface area (Å²) in [7, 11) is -4.23. The molecule has 1 atom stereocenters. The molecule has 0 heterocycles. The van der Waals surface area contributed by atoms with Gasteiger partial charge in [0.2, 0.25) is 15.9 Å². The number of halogens is 2. The minimum absolute atomic E-state index is 0.302. The lowest BCUT2D eigenvalue weighted by Crippen LogP contribution is -2.41. The normalized spacial score (nSPS) is 12.9. The van der Waals surface area contributed by atoms with Gasteiger partial charge in [-0.2, -0.15) is 4.72 Å². The second kappa shape index (κ2) is 6.83. The number of nitrogens with one attached hydrogen (secondary N) is 1. The molecule has 0 bridgehead atoms. The number of sulfonamides is 1. The van der Waals surface area contributed by atoms with Crippen LogP contribution in [0.4, 0.5) is 4.39 Å². The van der Waals surface area contributed by atoms with Crippen LogP contribution in [0.25, 0.3) is 0 Å². The van der Waals surface area contributed by atoms with Gasteiger partial charge in [-0.15, -0.1) is 0 Å². The van der Waals surface area contributed by atoms with E-state index in [1.807, 2.05) is 4.72 Å². The number of carbonyl (C=O) groups is 2. The Kier molecular flexibility index (Phi) is 5.64. The molecule has 1 aromatic carbocycles. The van der Waals surface area contributed by atoms with Crippen molar-refractivity contribution < 1.29 is 27.5 Å². The van der Waals surface area contributed by atoms with E-state index in [-0.39, 0.29) is 17.7 Å². The van der Waals surface area contributed by atoms with Crippen LogP contribution in [0.2, 0.25) is 5.02 Å². The first-order chi connectivity index (χ1) is 9.63. The van der Waals surface area contributed by atoms with Crippen LogP contribution in [0, 0.1) is 5.82 Å². The van der Waals surface area contributed by atoms with E-state index in [1.54, 1.807) is 0 Å². The summed E-state index contributed by atoms with van der Waals surface area (Å²) in [6.45, 7) is 0. The Hall–Kier alpha value is -1.71. The number of hydrogen-bond acceptors (Lipinski definition) is 4. The van der Waals surface area contributed by atoms with Crippen molar-refractivity contribution in [1.29, 1.82) is 0 Å². The van der Waals surface area contributed by atoms with Gasteiger partial charge in [0.25, 0.3) is 0 Å². The maximum atomic E-state index is 13.0. The van der Waals surface area contributed by atoms with Crippen molar-refractivity contribution in [3.63, 3.8) is 0 Å². The van der Waals surface area contributed by atoms with Gasteiger partial charge in [0.1, 0.15) is 11.9 Å². The number of carboxylic acid groups (broad SMARTS) is 1. The predicted octanol–water partition coefficient (Wildman–Crippen LogP) is 0.476. The zero-order valence-corrected chi connectivity index (χ0v) is 12.1. The van der Waals surface area contributed by atoms with Crippen LogP contribution in [0.3, 0.4) is 0 Å². The van der Waals surface area contributed by atoms with E-state index in [4.69, 9.17) is 22.4 Å². The SMILES string of the molecule is NC(=O)CC[C@@H](NS(=O)(=O)c1ccc(F)c(Cl)c1)C(=O)O. The molecule has 1 aromatic rings. The van der Waals surface area contributed by atoms with Crippen LogP contribution < -0.4 is 10.5 Å². The molecule has 0 saturated heterocycles. The van der Waals surface area contributed by atoms with Gasteiger partial charge < -0.3 is 10.8 Å². The second-order valence-corrected chi connectivity index (χ2v) is 6.21. The van der Waals surface area contributed by atoms with Crippen molar-refractivity contribution in [2.75, 3.05) is 0 Å². The van der Waals surface area contributed by atoms with Crippen molar-refractivity contribution in [3.05, 3.63) is 29.0 Å². The molecule has 0 radical (unpaired) electrons. The highest BCUT2D eigenvalue weighted by atomic mass is 35.5. The van der Waals surface area contributed by atoms with Gasteiger partial charge >= 0.3 is 5.97 Å². The molecule has 116 valence electrons. The Morgan fingerprint density at radius 3 is 2.52 bits per heavy atom. The number of amides is 1. The average molecular weight is 339 g/mol. The summed E-state index contributed by atoms with van der Waals surface area (Å²) >= 11 is 5.48. The van der Waals surface area contributed by atoms with E-state index in [0.29, 0.717) is 0 Å². The fraction of sp³-hybridized carbons (Fsp3) is 0.273.